The van der Waals surface area contributed by atoms with Gasteiger partial charge in [-0.15, -0.1) is 11.3 Å². The third-order valence-corrected chi connectivity index (χ3v) is 6.33. The number of carbonyl (C=O) groups is 1. The summed E-state index contributed by atoms with van der Waals surface area (Å²) in [4.78, 5) is 34.2. The lowest BCUT2D eigenvalue weighted by Crippen LogP contribution is -2.51. The Morgan fingerprint density at radius 1 is 0.967 bits per heavy atom. The molecule has 2 fully saturated rings. The van der Waals surface area contributed by atoms with Gasteiger partial charge in [-0.3, -0.25) is 9.79 Å². The Hall–Kier alpha value is -2.88. The van der Waals surface area contributed by atoms with Gasteiger partial charge in [0.2, 0.25) is 5.91 Å². The van der Waals surface area contributed by atoms with Gasteiger partial charge >= 0.3 is 0 Å². The number of amides is 1. The van der Waals surface area contributed by atoms with Crippen molar-refractivity contribution in [3.8, 4) is 0 Å². The van der Waals surface area contributed by atoms with E-state index in [9.17, 15) is 4.79 Å². The lowest BCUT2D eigenvalue weighted by Gasteiger charge is -2.35. The summed E-state index contributed by atoms with van der Waals surface area (Å²) >= 11 is 1.65. The Balaban J connectivity index is 1.18. The minimum absolute atomic E-state index is 0.140. The normalized spacial score (nSPS) is 18.1. The van der Waals surface area contributed by atoms with Crippen LogP contribution in [0.5, 0.6) is 0 Å². The first-order valence-electron chi connectivity index (χ1n) is 10.3. The third kappa shape index (κ3) is 4.99. The number of rotatable bonds is 5. The Morgan fingerprint density at radius 2 is 1.70 bits per heavy atom. The first kappa shape index (κ1) is 20.4. The summed E-state index contributed by atoms with van der Waals surface area (Å²) < 4.78 is 0. The van der Waals surface area contributed by atoms with Crippen LogP contribution in [0, 0.1) is 0 Å². The number of thiazole rings is 1. The molecule has 0 saturated carbocycles. The molecule has 160 valence electrons. The fraction of sp³-hybridized carbons (Fsp3) is 0.500. The number of aromatic nitrogens is 2. The molecule has 0 atom stereocenters. The number of carbonyl (C=O) groups excluding carboxylic acids is 1. The molecular weight excluding hydrogens is 400 g/mol. The molecule has 0 spiro atoms. The van der Waals surface area contributed by atoms with E-state index >= 15 is 0 Å². The molecule has 2 aliphatic heterocycles. The molecule has 0 bridgehead atoms. The summed E-state index contributed by atoms with van der Waals surface area (Å²) in [5.74, 6) is 1.64. The van der Waals surface area contributed by atoms with Gasteiger partial charge in [0, 0.05) is 76.6 Å². The molecular formula is C20H28N8OS. The van der Waals surface area contributed by atoms with Crippen molar-refractivity contribution in [1.29, 1.82) is 0 Å². The molecule has 2 aliphatic rings. The van der Waals surface area contributed by atoms with Gasteiger partial charge in [0.1, 0.15) is 5.82 Å². The zero-order valence-electron chi connectivity index (χ0n) is 17.1. The predicted octanol–water partition coefficient (Wildman–Crippen LogP) is 0.714. The van der Waals surface area contributed by atoms with Gasteiger partial charge in [-0.05, 0) is 12.1 Å². The largest absolute Gasteiger partial charge is 0.370 e. The fourth-order valence-electron chi connectivity index (χ4n) is 3.75. The van der Waals surface area contributed by atoms with Crippen LogP contribution in [0.15, 0.2) is 41.0 Å². The average Bonchev–Trinajstić information content (AvgIpc) is 3.35. The van der Waals surface area contributed by atoms with Crippen LogP contribution in [0.25, 0.3) is 0 Å². The molecule has 30 heavy (non-hydrogen) atoms. The van der Waals surface area contributed by atoms with Crippen molar-refractivity contribution in [2.45, 2.75) is 6.42 Å². The second-order valence-corrected chi connectivity index (χ2v) is 8.21. The van der Waals surface area contributed by atoms with Crippen LogP contribution in [0.3, 0.4) is 0 Å². The zero-order valence-corrected chi connectivity index (χ0v) is 17.9. The number of guanidine groups is 1. The Kier molecular flexibility index (Phi) is 6.63. The molecule has 2 aromatic rings. The number of hydrogen-bond acceptors (Lipinski definition) is 7. The number of nitrogens with two attached hydrogens (primary N) is 1. The van der Waals surface area contributed by atoms with Crippen LogP contribution in [0.1, 0.15) is 6.42 Å². The van der Waals surface area contributed by atoms with Crippen LogP contribution < -0.4 is 15.5 Å². The van der Waals surface area contributed by atoms with Crippen molar-refractivity contribution in [1.82, 2.24) is 19.8 Å². The van der Waals surface area contributed by atoms with E-state index in [2.05, 4.69) is 29.7 Å². The second-order valence-electron chi connectivity index (χ2n) is 7.33. The van der Waals surface area contributed by atoms with Gasteiger partial charge in [-0.2, -0.15) is 0 Å². The summed E-state index contributed by atoms with van der Waals surface area (Å²) in [7, 11) is 0. The average molecular weight is 429 g/mol. The van der Waals surface area contributed by atoms with E-state index in [1.807, 2.05) is 34.7 Å². The third-order valence-electron chi connectivity index (χ3n) is 5.50. The molecule has 0 aliphatic carbocycles. The number of aliphatic imine (C=N–C) groups is 1. The minimum Gasteiger partial charge on any atom is -0.370 e. The lowest BCUT2D eigenvalue weighted by atomic mass is 10.2. The number of piperazine rings is 2. The van der Waals surface area contributed by atoms with Gasteiger partial charge in [-0.25, -0.2) is 9.97 Å². The summed E-state index contributed by atoms with van der Waals surface area (Å²) in [5, 5.41) is 3.05. The fourth-order valence-corrected chi connectivity index (χ4v) is 4.45. The second kappa shape index (κ2) is 9.75. The van der Waals surface area contributed by atoms with Crippen molar-refractivity contribution in [2.24, 2.45) is 10.7 Å². The first-order chi connectivity index (χ1) is 14.7. The van der Waals surface area contributed by atoms with E-state index in [4.69, 9.17) is 5.73 Å². The van der Waals surface area contributed by atoms with Crippen molar-refractivity contribution in [3.63, 3.8) is 0 Å². The first-order valence-corrected chi connectivity index (χ1v) is 11.2. The van der Waals surface area contributed by atoms with Gasteiger partial charge in [-0.1, -0.05) is 6.07 Å². The molecule has 4 rings (SSSR count). The number of anilines is 2. The van der Waals surface area contributed by atoms with Crippen molar-refractivity contribution < 1.29 is 4.79 Å². The molecule has 2 saturated heterocycles. The summed E-state index contributed by atoms with van der Waals surface area (Å²) in [5.41, 5.74) is 6.17. The number of hydrogen-bond donors (Lipinski definition) is 1. The Bertz CT molecular complexity index is 828. The standard InChI is InChI=1S/C20H28N8OS/c21-19(27-12-14-28(15-13-27)20-24-7-16-30-20)23-6-4-18(29)26-10-8-25(9-11-26)17-3-1-2-5-22-17/h1-3,5,7,16H,4,6,8-15H2,(H2,21,23). The molecule has 4 heterocycles. The summed E-state index contributed by atoms with van der Waals surface area (Å²) in [6, 6.07) is 5.91. The van der Waals surface area contributed by atoms with Crippen LogP contribution in [-0.4, -0.2) is 90.5 Å². The highest BCUT2D eigenvalue weighted by molar-refractivity contribution is 7.13. The topological polar surface area (TPSA) is 94.2 Å². The molecule has 2 aromatic heterocycles. The number of pyridine rings is 1. The number of nitrogens with zero attached hydrogens (tertiary/aromatic N) is 7. The Morgan fingerprint density at radius 3 is 2.37 bits per heavy atom. The maximum atomic E-state index is 12.5. The van der Waals surface area contributed by atoms with Gasteiger partial charge in [0.25, 0.3) is 0 Å². The highest BCUT2D eigenvalue weighted by Gasteiger charge is 2.22. The lowest BCUT2D eigenvalue weighted by molar-refractivity contribution is -0.131. The van der Waals surface area contributed by atoms with E-state index in [0.717, 1.165) is 50.2 Å². The van der Waals surface area contributed by atoms with Gasteiger partial charge < -0.3 is 25.3 Å². The van der Waals surface area contributed by atoms with Crippen molar-refractivity contribution in [3.05, 3.63) is 36.0 Å². The smallest absolute Gasteiger partial charge is 0.224 e. The van der Waals surface area contributed by atoms with E-state index in [1.54, 1.807) is 17.5 Å². The van der Waals surface area contributed by atoms with Crippen LogP contribution in [0.2, 0.25) is 0 Å². The van der Waals surface area contributed by atoms with Crippen LogP contribution in [0.4, 0.5) is 10.9 Å². The van der Waals surface area contributed by atoms with Gasteiger partial charge in [0.05, 0.1) is 6.54 Å². The quantitative estimate of drug-likeness (QED) is 0.554. The molecule has 0 radical (unpaired) electrons. The molecule has 0 unspecified atom stereocenters. The maximum Gasteiger partial charge on any atom is 0.224 e. The van der Waals surface area contributed by atoms with E-state index < -0.39 is 0 Å². The minimum atomic E-state index is 0.140. The van der Waals surface area contributed by atoms with Crippen molar-refractivity contribution in [2.75, 3.05) is 68.7 Å². The van der Waals surface area contributed by atoms with Gasteiger partial charge in [0.15, 0.2) is 11.1 Å². The molecule has 10 heteroatoms. The SMILES string of the molecule is NC(=NCCC(=O)N1CCN(c2ccccn2)CC1)N1CCN(c2nccs2)CC1. The highest BCUT2D eigenvalue weighted by Crippen LogP contribution is 2.18. The zero-order chi connectivity index (χ0) is 20.8. The predicted molar refractivity (Wildman–Crippen MR) is 120 cm³/mol. The van der Waals surface area contributed by atoms with E-state index in [-0.39, 0.29) is 5.91 Å². The van der Waals surface area contributed by atoms with E-state index in [1.165, 1.54) is 0 Å². The highest BCUT2D eigenvalue weighted by atomic mass is 32.1. The summed E-state index contributed by atoms with van der Waals surface area (Å²) in [6.45, 7) is 6.86. The van der Waals surface area contributed by atoms with Crippen molar-refractivity contribution >= 4 is 34.2 Å². The van der Waals surface area contributed by atoms with Crippen LogP contribution in [-0.2, 0) is 4.79 Å². The summed E-state index contributed by atoms with van der Waals surface area (Å²) in [6.07, 6.45) is 4.02. The Labute approximate surface area is 180 Å². The monoisotopic (exact) mass is 428 g/mol. The van der Waals surface area contributed by atoms with E-state index in [0.29, 0.717) is 32.0 Å². The molecule has 1 amide bonds. The maximum absolute atomic E-state index is 12.5. The van der Waals surface area contributed by atoms with Crippen LogP contribution >= 0.6 is 11.3 Å². The molecule has 9 nitrogen and oxygen atoms in total. The molecule has 2 N–H and O–H groups in total. The molecule has 0 aromatic carbocycles.